The highest BCUT2D eigenvalue weighted by atomic mass is 79.9. The van der Waals surface area contributed by atoms with Crippen LogP contribution in [0, 0.1) is 0 Å². The average Bonchev–Trinajstić information content (AvgIpc) is 3.27. The van der Waals surface area contributed by atoms with E-state index in [-0.39, 0.29) is 11.9 Å². The minimum absolute atomic E-state index is 0.0731. The number of rotatable bonds is 7. The molecular formula is C28H26BrF3N2O. The summed E-state index contributed by atoms with van der Waals surface area (Å²) < 4.78 is 50.8. The Morgan fingerprint density at radius 3 is 2.14 bits per heavy atom. The number of hydrogen-bond donors (Lipinski definition) is 0. The van der Waals surface area contributed by atoms with Crippen LogP contribution in [0.4, 0.5) is 13.2 Å². The third kappa shape index (κ3) is 5.46. The molecule has 0 spiro atoms. The van der Waals surface area contributed by atoms with Gasteiger partial charge in [0.25, 0.3) is 0 Å². The second kappa shape index (κ2) is 10.3. The van der Waals surface area contributed by atoms with E-state index in [1.54, 1.807) is 10.6 Å². The molecule has 0 radical (unpaired) electrons. The summed E-state index contributed by atoms with van der Waals surface area (Å²) in [6.45, 7) is 2.04. The maximum absolute atomic E-state index is 14.0. The highest BCUT2D eigenvalue weighted by molar-refractivity contribution is 9.10. The van der Waals surface area contributed by atoms with Gasteiger partial charge in [0.1, 0.15) is 5.75 Å². The molecule has 3 aromatic carbocycles. The number of nitrogens with zero attached hydrogens (tertiary/aromatic N) is 2. The van der Waals surface area contributed by atoms with E-state index >= 15 is 0 Å². The lowest BCUT2D eigenvalue weighted by molar-refractivity contribution is -0.137. The summed E-state index contributed by atoms with van der Waals surface area (Å²) in [5.74, 6) is 0.657. The molecular weight excluding hydrogens is 517 g/mol. The van der Waals surface area contributed by atoms with E-state index in [9.17, 15) is 13.2 Å². The van der Waals surface area contributed by atoms with Gasteiger partial charge in [0, 0.05) is 10.0 Å². The van der Waals surface area contributed by atoms with Crippen LogP contribution in [0.3, 0.4) is 0 Å². The zero-order valence-electron chi connectivity index (χ0n) is 19.7. The monoisotopic (exact) mass is 542 g/mol. The lowest BCUT2D eigenvalue weighted by atomic mass is 10.1. The van der Waals surface area contributed by atoms with Crippen LogP contribution < -0.4 is 4.74 Å². The number of aromatic nitrogens is 1. The summed E-state index contributed by atoms with van der Waals surface area (Å²) in [5.41, 5.74) is 2.25. The number of alkyl halides is 3. The Kier molecular flexibility index (Phi) is 7.38. The van der Waals surface area contributed by atoms with Crippen LogP contribution in [0.15, 0.2) is 89.4 Å². The lowest BCUT2D eigenvalue weighted by Gasteiger charge is -2.24. The molecule has 0 bridgehead atoms. The van der Waals surface area contributed by atoms with Crippen molar-refractivity contribution in [3.05, 3.63) is 95.0 Å². The van der Waals surface area contributed by atoms with Gasteiger partial charge in [0.05, 0.1) is 22.6 Å². The molecule has 0 saturated carbocycles. The SMILES string of the molecule is CCC(Oc1cccc(-c2ccc(-c3ccc(Br)cc3)n2-c2ccccc2C(F)(F)F)c1)N(C)C. The van der Waals surface area contributed by atoms with Crippen molar-refractivity contribution in [2.24, 2.45) is 0 Å². The minimum Gasteiger partial charge on any atom is -0.475 e. The highest BCUT2D eigenvalue weighted by Gasteiger charge is 2.34. The lowest BCUT2D eigenvalue weighted by Crippen LogP contribution is -2.32. The summed E-state index contributed by atoms with van der Waals surface area (Å²) in [7, 11) is 3.89. The van der Waals surface area contributed by atoms with Gasteiger partial charge in [-0.1, -0.05) is 59.3 Å². The first-order valence-corrected chi connectivity index (χ1v) is 12.1. The smallest absolute Gasteiger partial charge is 0.418 e. The summed E-state index contributed by atoms with van der Waals surface area (Å²) in [6.07, 6.45) is -3.82. The van der Waals surface area contributed by atoms with Gasteiger partial charge in [-0.25, -0.2) is 0 Å². The summed E-state index contributed by atoms with van der Waals surface area (Å²) >= 11 is 3.43. The first kappa shape index (κ1) is 25.1. The van der Waals surface area contributed by atoms with Gasteiger partial charge in [-0.2, -0.15) is 13.2 Å². The van der Waals surface area contributed by atoms with E-state index in [0.29, 0.717) is 17.1 Å². The molecule has 3 nitrogen and oxygen atoms in total. The van der Waals surface area contributed by atoms with Crippen molar-refractivity contribution in [3.63, 3.8) is 0 Å². The molecule has 0 saturated heterocycles. The fourth-order valence-corrected chi connectivity index (χ4v) is 4.38. The van der Waals surface area contributed by atoms with Crippen molar-refractivity contribution in [2.45, 2.75) is 25.7 Å². The van der Waals surface area contributed by atoms with Gasteiger partial charge in [0.2, 0.25) is 0 Å². The molecule has 182 valence electrons. The first-order valence-electron chi connectivity index (χ1n) is 11.3. The van der Waals surface area contributed by atoms with E-state index in [1.165, 1.54) is 12.1 Å². The van der Waals surface area contributed by atoms with Gasteiger partial charge in [-0.15, -0.1) is 0 Å². The Hall–Kier alpha value is -3.03. The molecule has 35 heavy (non-hydrogen) atoms. The molecule has 4 aromatic rings. The predicted octanol–water partition coefficient (Wildman–Crippen LogP) is 8.27. The third-order valence-electron chi connectivity index (χ3n) is 5.80. The summed E-state index contributed by atoms with van der Waals surface area (Å²) in [6, 6.07) is 24.4. The summed E-state index contributed by atoms with van der Waals surface area (Å²) in [5, 5.41) is 0. The predicted molar refractivity (Wildman–Crippen MR) is 138 cm³/mol. The summed E-state index contributed by atoms with van der Waals surface area (Å²) in [4.78, 5) is 1.99. The van der Waals surface area contributed by atoms with E-state index in [4.69, 9.17) is 4.74 Å². The fraction of sp³-hybridized carbons (Fsp3) is 0.214. The largest absolute Gasteiger partial charge is 0.475 e. The quantitative estimate of drug-likeness (QED) is 0.218. The number of benzene rings is 3. The Morgan fingerprint density at radius 2 is 1.51 bits per heavy atom. The molecule has 0 aliphatic rings. The van der Waals surface area contributed by atoms with Crippen molar-refractivity contribution in [1.29, 1.82) is 0 Å². The molecule has 4 rings (SSSR count). The van der Waals surface area contributed by atoms with E-state index in [1.807, 2.05) is 86.6 Å². The highest BCUT2D eigenvalue weighted by Crippen LogP contribution is 2.39. The van der Waals surface area contributed by atoms with Crippen LogP contribution in [0.25, 0.3) is 28.2 Å². The number of ether oxygens (including phenoxy) is 1. The Morgan fingerprint density at radius 1 is 0.857 bits per heavy atom. The van der Waals surface area contributed by atoms with Gasteiger partial charge < -0.3 is 9.30 Å². The van der Waals surface area contributed by atoms with Gasteiger partial charge in [-0.3, -0.25) is 4.90 Å². The number of hydrogen-bond acceptors (Lipinski definition) is 2. The number of para-hydroxylation sites is 1. The van der Waals surface area contributed by atoms with Crippen molar-refractivity contribution in [3.8, 4) is 34.0 Å². The van der Waals surface area contributed by atoms with Crippen LogP contribution in [-0.4, -0.2) is 29.8 Å². The molecule has 7 heteroatoms. The van der Waals surface area contributed by atoms with Crippen LogP contribution in [0.5, 0.6) is 5.75 Å². The molecule has 0 aliphatic carbocycles. The maximum Gasteiger partial charge on any atom is 0.418 e. The Balaban J connectivity index is 1.91. The second-order valence-electron chi connectivity index (χ2n) is 8.43. The van der Waals surface area contributed by atoms with Crippen molar-refractivity contribution >= 4 is 15.9 Å². The van der Waals surface area contributed by atoms with E-state index < -0.39 is 11.7 Å². The molecule has 1 heterocycles. The molecule has 1 aromatic heterocycles. The van der Waals surface area contributed by atoms with Gasteiger partial charge >= 0.3 is 6.18 Å². The zero-order valence-corrected chi connectivity index (χ0v) is 21.3. The molecule has 1 atom stereocenters. The second-order valence-corrected chi connectivity index (χ2v) is 9.35. The molecule has 0 N–H and O–H groups in total. The molecule has 0 amide bonds. The van der Waals surface area contributed by atoms with Crippen molar-refractivity contribution in [2.75, 3.05) is 14.1 Å². The first-order chi connectivity index (χ1) is 16.7. The maximum atomic E-state index is 14.0. The molecule has 1 unspecified atom stereocenters. The van der Waals surface area contributed by atoms with Crippen LogP contribution in [0.2, 0.25) is 0 Å². The number of halogens is 4. The van der Waals surface area contributed by atoms with E-state index in [0.717, 1.165) is 28.1 Å². The average molecular weight is 543 g/mol. The van der Waals surface area contributed by atoms with Gasteiger partial charge in [0.15, 0.2) is 6.23 Å². The van der Waals surface area contributed by atoms with Gasteiger partial charge in [-0.05, 0) is 74.6 Å². The van der Waals surface area contributed by atoms with Crippen molar-refractivity contribution in [1.82, 2.24) is 9.47 Å². The zero-order chi connectivity index (χ0) is 25.2. The Labute approximate surface area is 211 Å². The third-order valence-corrected chi connectivity index (χ3v) is 6.33. The minimum atomic E-state index is -4.50. The van der Waals surface area contributed by atoms with Crippen LogP contribution >= 0.6 is 15.9 Å². The van der Waals surface area contributed by atoms with Crippen LogP contribution in [0.1, 0.15) is 18.9 Å². The van der Waals surface area contributed by atoms with E-state index in [2.05, 4.69) is 15.9 Å². The Bertz CT molecular complexity index is 1300. The normalized spacial score (nSPS) is 12.7. The van der Waals surface area contributed by atoms with Crippen LogP contribution in [-0.2, 0) is 6.18 Å². The topological polar surface area (TPSA) is 17.4 Å². The molecule has 0 aliphatic heterocycles. The van der Waals surface area contributed by atoms with Crippen molar-refractivity contribution < 1.29 is 17.9 Å². The fourth-order valence-electron chi connectivity index (χ4n) is 4.12. The molecule has 0 fully saturated rings. The standard InChI is InChI=1S/C28H26BrF3N2O/c1-4-27(33(2)3)35-22-9-7-8-20(18-22)25-17-16-24(19-12-14-21(29)15-13-19)34(25)26-11-6-5-10-23(26)28(30,31)32/h5-18,27H,4H2,1-3H3.